The number of benzene rings is 4. The topological polar surface area (TPSA) is 9.23 Å². The molecule has 0 aliphatic heterocycles. The Morgan fingerprint density at radius 1 is 0.583 bits per heavy atom. The van der Waals surface area contributed by atoms with Crippen molar-refractivity contribution >= 4 is 8.32 Å². The molecule has 0 radical (unpaired) electrons. The highest BCUT2D eigenvalue weighted by atomic mass is 28.4. The fourth-order valence-corrected chi connectivity index (χ4v) is 7.78. The summed E-state index contributed by atoms with van der Waals surface area (Å²) in [5.41, 5.74) is 11.5. The van der Waals surface area contributed by atoms with Crippen LogP contribution in [0.5, 0.6) is 0 Å². The molecule has 0 aromatic heterocycles. The molecule has 0 heterocycles. The maximum absolute atomic E-state index is 6.37. The van der Waals surface area contributed by atoms with Gasteiger partial charge in [-0.25, -0.2) is 0 Å². The number of hydrogen-bond donors (Lipinski definition) is 0. The average Bonchev–Trinajstić information content (AvgIpc) is 3.40. The second-order valence-corrected chi connectivity index (χ2v) is 16.3. The summed E-state index contributed by atoms with van der Waals surface area (Å²) in [6, 6.07) is 36.5. The fourth-order valence-electron chi connectivity index (χ4n) is 7.02. The van der Waals surface area contributed by atoms with Gasteiger partial charge in [0.2, 0.25) is 0 Å². The summed E-state index contributed by atoms with van der Waals surface area (Å²) in [5, 5.41) is 0. The van der Waals surface area contributed by atoms with E-state index in [9.17, 15) is 0 Å². The molecule has 0 amide bonds. The maximum Gasteiger partial charge on any atom is 0.183 e. The predicted molar refractivity (Wildman–Crippen MR) is 154 cm³/mol. The molecule has 0 spiro atoms. The Labute approximate surface area is 217 Å². The maximum atomic E-state index is 6.37. The molecule has 2 aliphatic rings. The Morgan fingerprint density at radius 2 is 0.917 bits per heavy atom. The van der Waals surface area contributed by atoms with E-state index in [1.165, 1.54) is 44.5 Å². The number of hydrogen-bond acceptors (Lipinski definition) is 1. The SMILES string of the molecule is CC(CCCO[Si](C)(C)C)(C1c2ccccc2-c2ccccc21)C1c2ccccc2-c2ccccc21. The van der Waals surface area contributed by atoms with E-state index in [2.05, 4.69) is 124 Å². The monoisotopic (exact) mass is 488 g/mol. The van der Waals surface area contributed by atoms with E-state index >= 15 is 0 Å². The van der Waals surface area contributed by atoms with E-state index in [-0.39, 0.29) is 5.41 Å². The number of fused-ring (bicyclic) bond motifs is 6. The minimum atomic E-state index is -1.55. The molecule has 2 aliphatic carbocycles. The minimum absolute atomic E-state index is 0.00574. The van der Waals surface area contributed by atoms with Gasteiger partial charge in [0.15, 0.2) is 8.32 Å². The first-order chi connectivity index (χ1) is 17.4. The molecule has 0 saturated carbocycles. The van der Waals surface area contributed by atoms with Crippen LogP contribution < -0.4 is 0 Å². The molecular weight excluding hydrogens is 452 g/mol. The van der Waals surface area contributed by atoms with Crippen LogP contribution in [-0.2, 0) is 4.43 Å². The van der Waals surface area contributed by atoms with Gasteiger partial charge >= 0.3 is 0 Å². The molecule has 6 rings (SSSR count). The lowest BCUT2D eigenvalue weighted by Gasteiger charge is -2.43. The van der Waals surface area contributed by atoms with Gasteiger partial charge in [0.25, 0.3) is 0 Å². The third kappa shape index (κ3) is 3.79. The van der Waals surface area contributed by atoms with Crippen LogP contribution in [0.1, 0.15) is 53.9 Å². The first-order valence-corrected chi connectivity index (χ1v) is 16.8. The zero-order chi connectivity index (χ0) is 24.9. The second-order valence-electron chi connectivity index (χ2n) is 11.8. The van der Waals surface area contributed by atoms with Crippen molar-refractivity contribution in [3.8, 4) is 22.3 Å². The Kier molecular flexibility index (Phi) is 5.78. The molecular formula is C34H36OSi. The standard InChI is InChI=1S/C34H36OSi/c1-34(22-13-23-35-36(2,3)4,32-28-18-9-5-14-24(28)25-15-6-10-19-29(25)32)33-30-20-11-7-16-26(30)27-17-8-12-21-31(27)33/h5-12,14-21,32-33H,13,22-23H2,1-4H3. The lowest BCUT2D eigenvalue weighted by atomic mass is 9.60. The van der Waals surface area contributed by atoms with E-state index in [1.807, 2.05) is 0 Å². The summed E-state index contributed by atoms with van der Waals surface area (Å²) in [6.07, 6.45) is 2.18. The molecule has 0 atom stereocenters. The van der Waals surface area contributed by atoms with E-state index < -0.39 is 8.32 Å². The molecule has 4 aromatic rings. The van der Waals surface area contributed by atoms with Crippen LogP contribution in [0.2, 0.25) is 19.6 Å². The molecule has 0 bridgehead atoms. The van der Waals surface area contributed by atoms with Crippen molar-refractivity contribution in [3.05, 3.63) is 119 Å². The Bertz CT molecular complexity index is 1230. The predicted octanol–water partition coefficient (Wildman–Crippen LogP) is 9.25. The molecule has 4 aromatic carbocycles. The largest absolute Gasteiger partial charge is 0.418 e. The summed E-state index contributed by atoms with van der Waals surface area (Å²) in [7, 11) is -1.55. The second kappa shape index (κ2) is 8.87. The Balaban J connectivity index is 1.53. The van der Waals surface area contributed by atoms with E-state index in [0.29, 0.717) is 11.8 Å². The van der Waals surface area contributed by atoms with Crippen molar-refractivity contribution in [2.24, 2.45) is 5.41 Å². The van der Waals surface area contributed by atoms with Crippen LogP contribution in [0.25, 0.3) is 22.3 Å². The summed E-state index contributed by atoms with van der Waals surface area (Å²) in [5.74, 6) is 0.669. The van der Waals surface area contributed by atoms with Gasteiger partial charge in [0, 0.05) is 18.4 Å². The van der Waals surface area contributed by atoms with Crippen molar-refractivity contribution in [2.45, 2.75) is 51.2 Å². The zero-order valence-electron chi connectivity index (χ0n) is 21.9. The van der Waals surface area contributed by atoms with Gasteiger partial charge in [-0.15, -0.1) is 0 Å². The summed E-state index contributed by atoms with van der Waals surface area (Å²) in [6.45, 7) is 10.3. The molecule has 0 fully saturated rings. The third-order valence-corrected chi connectivity index (χ3v) is 9.45. The zero-order valence-corrected chi connectivity index (χ0v) is 22.9. The van der Waals surface area contributed by atoms with Crippen LogP contribution >= 0.6 is 0 Å². The average molecular weight is 489 g/mol. The number of rotatable bonds is 7. The molecule has 182 valence electrons. The fraction of sp³-hybridized carbons (Fsp3) is 0.294. The first-order valence-electron chi connectivity index (χ1n) is 13.4. The Morgan fingerprint density at radius 3 is 1.25 bits per heavy atom. The lowest BCUT2D eigenvalue weighted by Crippen LogP contribution is -2.34. The third-order valence-electron chi connectivity index (χ3n) is 8.38. The highest BCUT2D eigenvalue weighted by Crippen LogP contribution is 2.63. The molecule has 0 N–H and O–H groups in total. The van der Waals surface area contributed by atoms with Crippen LogP contribution in [-0.4, -0.2) is 14.9 Å². The van der Waals surface area contributed by atoms with Crippen molar-refractivity contribution in [1.82, 2.24) is 0 Å². The first kappa shape index (κ1) is 23.5. The molecule has 36 heavy (non-hydrogen) atoms. The van der Waals surface area contributed by atoms with Crippen molar-refractivity contribution in [1.29, 1.82) is 0 Å². The minimum Gasteiger partial charge on any atom is -0.418 e. The smallest absolute Gasteiger partial charge is 0.183 e. The van der Waals surface area contributed by atoms with Crippen LogP contribution in [0.15, 0.2) is 97.1 Å². The van der Waals surface area contributed by atoms with Gasteiger partial charge in [-0.1, -0.05) is 104 Å². The summed E-state index contributed by atoms with van der Waals surface area (Å²) < 4.78 is 6.37. The summed E-state index contributed by atoms with van der Waals surface area (Å²) in [4.78, 5) is 0. The van der Waals surface area contributed by atoms with Gasteiger partial charge in [-0.2, -0.15) is 0 Å². The molecule has 0 unspecified atom stereocenters. The lowest BCUT2D eigenvalue weighted by molar-refractivity contribution is 0.195. The summed E-state index contributed by atoms with van der Waals surface area (Å²) >= 11 is 0. The molecule has 2 heteroatoms. The molecule has 0 saturated heterocycles. The van der Waals surface area contributed by atoms with Crippen LogP contribution in [0, 0.1) is 5.41 Å². The normalized spacial score (nSPS) is 14.9. The van der Waals surface area contributed by atoms with Gasteiger partial charge < -0.3 is 4.43 Å². The highest BCUT2D eigenvalue weighted by Gasteiger charge is 2.50. The van der Waals surface area contributed by atoms with Gasteiger partial charge in [0.05, 0.1) is 0 Å². The van der Waals surface area contributed by atoms with Crippen molar-refractivity contribution in [3.63, 3.8) is 0 Å². The van der Waals surface area contributed by atoms with Crippen molar-refractivity contribution < 1.29 is 4.43 Å². The highest BCUT2D eigenvalue weighted by molar-refractivity contribution is 6.69. The van der Waals surface area contributed by atoms with Gasteiger partial charge in [0.1, 0.15) is 0 Å². The van der Waals surface area contributed by atoms with Crippen molar-refractivity contribution in [2.75, 3.05) is 6.61 Å². The van der Waals surface area contributed by atoms with E-state index in [4.69, 9.17) is 4.43 Å². The van der Waals surface area contributed by atoms with E-state index in [1.54, 1.807) is 0 Å². The van der Waals surface area contributed by atoms with Gasteiger partial charge in [-0.05, 0) is 82.4 Å². The van der Waals surface area contributed by atoms with E-state index in [0.717, 1.165) is 19.4 Å². The van der Waals surface area contributed by atoms with Crippen LogP contribution in [0.4, 0.5) is 0 Å². The van der Waals surface area contributed by atoms with Gasteiger partial charge in [-0.3, -0.25) is 0 Å². The molecule has 1 nitrogen and oxygen atoms in total. The van der Waals surface area contributed by atoms with Crippen LogP contribution in [0.3, 0.4) is 0 Å². The Hall–Kier alpha value is -2.94. The quantitative estimate of drug-likeness (QED) is 0.186.